The average molecular weight is 452 g/mol. The Morgan fingerprint density at radius 3 is 2.38 bits per heavy atom. The van der Waals surface area contributed by atoms with Gasteiger partial charge in [0.25, 0.3) is 0 Å². The lowest BCUT2D eigenvalue weighted by Gasteiger charge is -2.14. The van der Waals surface area contributed by atoms with Crippen molar-refractivity contribution in [1.82, 2.24) is 4.68 Å². The van der Waals surface area contributed by atoms with Crippen LogP contribution in [0.3, 0.4) is 0 Å². The van der Waals surface area contributed by atoms with E-state index in [1.54, 1.807) is 12.1 Å². The molecule has 0 saturated carbocycles. The molecule has 0 atom stereocenters. The van der Waals surface area contributed by atoms with Crippen LogP contribution in [0.2, 0.25) is 10.0 Å². The van der Waals surface area contributed by atoms with Gasteiger partial charge in [-0.3, -0.25) is 24.5 Å². The normalized spacial score (nSPS) is 10.6. The summed E-state index contributed by atoms with van der Waals surface area (Å²) in [6.45, 7) is 0. The van der Waals surface area contributed by atoms with E-state index in [1.165, 1.54) is 34.2 Å². The van der Waals surface area contributed by atoms with Crippen molar-refractivity contribution in [3.8, 4) is 10.6 Å². The zero-order valence-electron chi connectivity index (χ0n) is 14.8. The molecule has 0 saturated heterocycles. The topological polar surface area (TPSA) is 100 Å². The predicted octanol–water partition coefficient (Wildman–Crippen LogP) is 4.25. The SMILES string of the molecule is O=C(O)CCc1ccc(-c2cccs2)n1NC(=O)C(=O)Nc1cc(Cl)cc(Cl)c1. The van der Waals surface area contributed by atoms with Gasteiger partial charge >= 0.3 is 17.8 Å². The van der Waals surface area contributed by atoms with Crippen molar-refractivity contribution in [3.05, 3.63) is 63.6 Å². The summed E-state index contributed by atoms with van der Waals surface area (Å²) in [7, 11) is 0. The average Bonchev–Trinajstić information content (AvgIpc) is 3.28. The minimum absolute atomic E-state index is 0.114. The van der Waals surface area contributed by atoms with E-state index in [1.807, 2.05) is 17.5 Å². The number of hydrogen-bond acceptors (Lipinski definition) is 4. The van der Waals surface area contributed by atoms with Gasteiger partial charge in [0.05, 0.1) is 17.0 Å². The highest BCUT2D eigenvalue weighted by Gasteiger charge is 2.19. The molecule has 0 bridgehead atoms. The van der Waals surface area contributed by atoms with Crippen LogP contribution in [0, 0.1) is 0 Å². The van der Waals surface area contributed by atoms with Gasteiger partial charge in [-0.25, -0.2) is 0 Å². The minimum Gasteiger partial charge on any atom is -0.481 e. The van der Waals surface area contributed by atoms with E-state index in [0.29, 0.717) is 21.4 Å². The third-order valence-corrected chi connectivity index (χ3v) is 5.20. The molecular weight excluding hydrogens is 437 g/mol. The summed E-state index contributed by atoms with van der Waals surface area (Å²) in [6, 6.07) is 11.6. The first-order valence-corrected chi connectivity index (χ1v) is 10.0. The summed E-state index contributed by atoms with van der Waals surface area (Å²) in [5.41, 5.74) is 4.02. The first kappa shape index (κ1) is 20.9. The van der Waals surface area contributed by atoms with Gasteiger partial charge in [0.15, 0.2) is 0 Å². The van der Waals surface area contributed by atoms with Crippen LogP contribution in [-0.4, -0.2) is 27.6 Å². The molecule has 10 heteroatoms. The molecule has 2 heterocycles. The lowest BCUT2D eigenvalue weighted by atomic mass is 10.2. The summed E-state index contributed by atoms with van der Waals surface area (Å²) in [6.07, 6.45) is 0.0729. The van der Waals surface area contributed by atoms with Crippen molar-refractivity contribution in [2.24, 2.45) is 0 Å². The zero-order valence-corrected chi connectivity index (χ0v) is 17.1. The number of carboxylic acids is 1. The lowest BCUT2D eigenvalue weighted by molar-refractivity contribution is -0.137. The van der Waals surface area contributed by atoms with Crippen molar-refractivity contribution < 1.29 is 19.5 Å². The predicted molar refractivity (Wildman–Crippen MR) is 113 cm³/mol. The van der Waals surface area contributed by atoms with Crippen molar-refractivity contribution >= 4 is 58.0 Å². The number of carbonyl (C=O) groups is 3. The first-order chi connectivity index (χ1) is 13.8. The second-order valence-electron chi connectivity index (χ2n) is 5.97. The van der Waals surface area contributed by atoms with Crippen molar-refractivity contribution in [2.75, 3.05) is 10.7 Å². The Hall–Kier alpha value is -2.81. The fraction of sp³-hybridized carbons (Fsp3) is 0.105. The van der Waals surface area contributed by atoms with Gasteiger partial charge in [-0.1, -0.05) is 29.3 Å². The molecule has 0 aliphatic rings. The number of anilines is 1. The molecule has 0 spiro atoms. The molecule has 3 rings (SSSR count). The van der Waals surface area contributed by atoms with E-state index < -0.39 is 17.8 Å². The van der Waals surface area contributed by atoms with Crippen LogP contribution < -0.4 is 10.7 Å². The number of halogens is 2. The van der Waals surface area contributed by atoms with Gasteiger partial charge in [0.2, 0.25) is 0 Å². The number of aromatic nitrogens is 1. The lowest BCUT2D eigenvalue weighted by Crippen LogP contribution is -2.35. The Balaban J connectivity index is 1.81. The maximum Gasteiger partial charge on any atom is 0.328 e. The van der Waals surface area contributed by atoms with E-state index in [4.69, 9.17) is 28.3 Å². The van der Waals surface area contributed by atoms with Gasteiger partial charge in [0, 0.05) is 27.8 Å². The summed E-state index contributed by atoms with van der Waals surface area (Å²) >= 11 is 13.3. The highest BCUT2D eigenvalue weighted by molar-refractivity contribution is 7.13. The summed E-state index contributed by atoms with van der Waals surface area (Å²) in [4.78, 5) is 36.6. The molecule has 0 aliphatic heterocycles. The second kappa shape index (κ2) is 9.13. The molecular formula is C19H15Cl2N3O4S. The van der Waals surface area contributed by atoms with Crippen LogP contribution in [0.4, 0.5) is 5.69 Å². The summed E-state index contributed by atoms with van der Waals surface area (Å²) in [5, 5.41) is 13.9. The van der Waals surface area contributed by atoms with Gasteiger partial charge < -0.3 is 10.4 Å². The van der Waals surface area contributed by atoms with E-state index >= 15 is 0 Å². The molecule has 2 amide bonds. The van der Waals surface area contributed by atoms with Crippen molar-refractivity contribution in [1.29, 1.82) is 0 Å². The number of nitrogens with zero attached hydrogens (tertiary/aromatic N) is 1. The Kier molecular flexibility index (Phi) is 6.58. The number of nitrogens with one attached hydrogen (secondary N) is 2. The van der Waals surface area contributed by atoms with Crippen LogP contribution in [0.1, 0.15) is 12.1 Å². The minimum atomic E-state index is -0.961. The van der Waals surface area contributed by atoms with Crippen LogP contribution in [-0.2, 0) is 20.8 Å². The Morgan fingerprint density at radius 2 is 1.76 bits per heavy atom. The van der Waals surface area contributed by atoms with Gasteiger partial charge in [-0.2, -0.15) is 0 Å². The molecule has 2 aromatic heterocycles. The molecule has 0 fully saturated rings. The largest absolute Gasteiger partial charge is 0.481 e. The molecule has 29 heavy (non-hydrogen) atoms. The maximum absolute atomic E-state index is 12.5. The molecule has 7 nitrogen and oxygen atoms in total. The number of benzene rings is 1. The van der Waals surface area contributed by atoms with Crippen LogP contribution in [0.25, 0.3) is 10.6 Å². The number of rotatable bonds is 6. The monoisotopic (exact) mass is 451 g/mol. The van der Waals surface area contributed by atoms with E-state index in [9.17, 15) is 14.4 Å². The van der Waals surface area contributed by atoms with Gasteiger partial charge in [0.1, 0.15) is 0 Å². The van der Waals surface area contributed by atoms with Gasteiger partial charge in [-0.05, 0) is 41.8 Å². The quantitative estimate of drug-likeness (QED) is 0.487. The standard InChI is InChI=1S/C19H15Cl2N3O4S/c20-11-8-12(21)10-13(9-11)22-18(27)19(28)23-24-14(4-6-17(25)26)3-5-15(24)16-2-1-7-29-16/h1-3,5,7-10H,4,6H2,(H,22,27)(H,23,28)(H,25,26). The van der Waals surface area contributed by atoms with E-state index in [-0.39, 0.29) is 18.5 Å². The Bertz CT molecular complexity index is 1040. The second-order valence-corrected chi connectivity index (χ2v) is 7.79. The number of aryl methyl sites for hydroxylation is 1. The van der Waals surface area contributed by atoms with Gasteiger partial charge in [-0.15, -0.1) is 11.3 Å². The fourth-order valence-electron chi connectivity index (χ4n) is 2.62. The number of carboxylic acid groups (broad SMARTS) is 1. The third-order valence-electron chi connectivity index (χ3n) is 3.87. The molecule has 0 radical (unpaired) electrons. The van der Waals surface area contributed by atoms with E-state index in [0.717, 1.165) is 4.88 Å². The van der Waals surface area contributed by atoms with Crippen LogP contribution >= 0.6 is 34.5 Å². The molecule has 0 unspecified atom stereocenters. The molecule has 0 aliphatic carbocycles. The van der Waals surface area contributed by atoms with Crippen LogP contribution in [0.15, 0.2) is 47.8 Å². The smallest absolute Gasteiger partial charge is 0.328 e. The molecule has 3 aromatic rings. The third kappa shape index (κ3) is 5.38. The maximum atomic E-state index is 12.5. The van der Waals surface area contributed by atoms with Crippen molar-refractivity contribution in [3.63, 3.8) is 0 Å². The van der Waals surface area contributed by atoms with E-state index in [2.05, 4.69) is 10.7 Å². The number of aliphatic carboxylic acids is 1. The number of thiophene rings is 1. The van der Waals surface area contributed by atoms with Crippen LogP contribution in [0.5, 0.6) is 0 Å². The van der Waals surface area contributed by atoms with Crippen molar-refractivity contribution in [2.45, 2.75) is 12.8 Å². The number of hydrogen-bond donors (Lipinski definition) is 3. The molecule has 150 valence electrons. The summed E-state index contributed by atoms with van der Waals surface area (Å²) < 4.78 is 1.43. The Labute approximate surface area is 179 Å². The molecule has 1 aromatic carbocycles. The molecule has 3 N–H and O–H groups in total. The Morgan fingerprint density at radius 1 is 1.03 bits per heavy atom. The summed E-state index contributed by atoms with van der Waals surface area (Å²) in [5.74, 6) is -2.80. The highest BCUT2D eigenvalue weighted by Crippen LogP contribution is 2.27. The fourth-order valence-corrected chi connectivity index (χ4v) is 3.89. The number of carbonyl (C=O) groups excluding carboxylic acids is 2. The zero-order chi connectivity index (χ0) is 21.0. The number of amides is 2. The highest BCUT2D eigenvalue weighted by atomic mass is 35.5. The first-order valence-electron chi connectivity index (χ1n) is 8.38.